The van der Waals surface area contributed by atoms with Crippen molar-refractivity contribution in [2.24, 2.45) is 0 Å². The summed E-state index contributed by atoms with van der Waals surface area (Å²) in [5, 5.41) is 11.7. The summed E-state index contributed by atoms with van der Waals surface area (Å²) in [5.74, 6) is -0.467. The number of carbonyl (C=O) groups is 3. The Balaban J connectivity index is 1.74. The molecule has 2 heterocycles. The Morgan fingerprint density at radius 3 is 2.92 bits per heavy atom. The first-order chi connectivity index (χ1) is 11.5. The van der Waals surface area contributed by atoms with Crippen molar-refractivity contribution >= 4 is 41.3 Å². The highest BCUT2D eigenvalue weighted by Gasteiger charge is 2.48. The maximum atomic E-state index is 12.6. The van der Waals surface area contributed by atoms with E-state index in [4.69, 9.17) is 0 Å². The maximum absolute atomic E-state index is 12.6. The molecule has 2 aliphatic rings. The number of nitrogens with one attached hydrogen (secondary N) is 1. The number of benzene rings is 1. The molecule has 1 aromatic rings. The predicted molar refractivity (Wildman–Crippen MR) is 94.2 cm³/mol. The largest absolute Gasteiger partial charge is 0.480 e. The van der Waals surface area contributed by atoms with Gasteiger partial charge >= 0.3 is 5.97 Å². The molecule has 8 heteroatoms. The van der Waals surface area contributed by atoms with Gasteiger partial charge in [-0.15, -0.1) is 11.8 Å². The van der Waals surface area contributed by atoms with Gasteiger partial charge in [-0.3, -0.25) is 9.59 Å². The van der Waals surface area contributed by atoms with Crippen molar-refractivity contribution in [3.63, 3.8) is 0 Å². The van der Waals surface area contributed by atoms with Gasteiger partial charge in [0.25, 0.3) is 5.91 Å². The van der Waals surface area contributed by atoms with Crippen LogP contribution in [0.15, 0.2) is 24.3 Å². The molecule has 2 aliphatic heterocycles. The summed E-state index contributed by atoms with van der Waals surface area (Å²) in [4.78, 5) is 38.1. The van der Waals surface area contributed by atoms with E-state index in [0.717, 1.165) is 5.56 Å². The SMILES string of the molecule is CSCC[C@H](NC(=O)[C@@H]1CS[C@@H]2c3ccccc3C(=O)N21)C(=O)O. The van der Waals surface area contributed by atoms with Crippen LogP contribution in [0, 0.1) is 0 Å². The molecule has 3 rings (SSSR count). The average molecular weight is 366 g/mol. The predicted octanol–water partition coefficient (Wildman–Crippen LogP) is 1.58. The van der Waals surface area contributed by atoms with Crippen LogP contribution in [0.5, 0.6) is 0 Å². The fourth-order valence-electron chi connectivity index (χ4n) is 3.00. The first kappa shape index (κ1) is 17.2. The van der Waals surface area contributed by atoms with Crippen molar-refractivity contribution in [3.8, 4) is 0 Å². The minimum absolute atomic E-state index is 0.154. The minimum Gasteiger partial charge on any atom is -0.480 e. The fraction of sp³-hybridized carbons (Fsp3) is 0.438. The van der Waals surface area contributed by atoms with Crippen molar-refractivity contribution in [2.75, 3.05) is 17.8 Å². The molecule has 1 fully saturated rings. The van der Waals surface area contributed by atoms with Crippen LogP contribution in [0.4, 0.5) is 0 Å². The molecule has 0 saturated carbocycles. The van der Waals surface area contributed by atoms with E-state index in [0.29, 0.717) is 23.5 Å². The van der Waals surface area contributed by atoms with Crippen LogP contribution in [0.3, 0.4) is 0 Å². The third-order valence-corrected chi connectivity index (χ3v) is 6.17. The number of amides is 2. The zero-order valence-corrected chi connectivity index (χ0v) is 14.7. The van der Waals surface area contributed by atoms with Crippen molar-refractivity contribution in [1.29, 1.82) is 0 Å². The summed E-state index contributed by atoms with van der Waals surface area (Å²) < 4.78 is 0. The van der Waals surface area contributed by atoms with E-state index in [-0.39, 0.29) is 17.2 Å². The Morgan fingerprint density at radius 2 is 2.21 bits per heavy atom. The molecule has 0 unspecified atom stereocenters. The lowest BCUT2D eigenvalue weighted by Crippen LogP contribution is -2.51. The van der Waals surface area contributed by atoms with Crippen molar-refractivity contribution in [1.82, 2.24) is 10.2 Å². The highest BCUT2D eigenvalue weighted by Crippen LogP contribution is 2.48. The van der Waals surface area contributed by atoms with Crippen LogP contribution >= 0.6 is 23.5 Å². The topological polar surface area (TPSA) is 86.7 Å². The Bertz CT molecular complexity index is 682. The highest BCUT2D eigenvalue weighted by molar-refractivity contribution is 7.99. The van der Waals surface area contributed by atoms with Crippen molar-refractivity contribution in [2.45, 2.75) is 23.9 Å². The normalized spacial score (nSPS) is 22.9. The van der Waals surface area contributed by atoms with E-state index in [2.05, 4.69) is 5.32 Å². The van der Waals surface area contributed by atoms with Crippen LogP contribution in [0.25, 0.3) is 0 Å². The lowest BCUT2D eigenvalue weighted by atomic mass is 10.1. The van der Waals surface area contributed by atoms with Gasteiger partial charge in [0.05, 0.1) is 0 Å². The molecule has 1 aromatic carbocycles. The zero-order chi connectivity index (χ0) is 17.3. The number of carboxylic acids is 1. The molecule has 1 saturated heterocycles. The molecular weight excluding hydrogens is 348 g/mol. The summed E-state index contributed by atoms with van der Waals surface area (Å²) in [5.41, 5.74) is 1.56. The highest BCUT2D eigenvalue weighted by atomic mass is 32.2. The van der Waals surface area contributed by atoms with Crippen LogP contribution < -0.4 is 5.32 Å². The lowest BCUT2D eigenvalue weighted by Gasteiger charge is -2.24. The van der Waals surface area contributed by atoms with E-state index in [1.54, 1.807) is 22.7 Å². The molecule has 2 amide bonds. The summed E-state index contributed by atoms with van der Waals surface area (Å²) in [6.45, 7) is 0. The Kier molecular flexibility index (Phi) is 5.05. The van der Waals surface area contributed by atoms with Gasteiger partial charge in [0.15, 0.2) is 0 Å². The second-order valence-electron chi connectivity index (χ2n) is 5.68. The van der Waals surface area contributed by atoms with E-state index >= 15 is 0 Å². The number of carbonyl (C=O) groups excluding carboxylic acids is 2. The molecular formula is C16H18N2O4S2. The summed E-state index contributed by atoms with van der Waals surface area (Å²) in [7, 11) is 0. The second-order valence-corrected chi connectivity index (χ2v) is 7.78. The second kappa shape index (κ2) is 7.06. The van der Waals surface area contributed by atoms with Crippen molar-refractivity contribution in [3.05, 3.63) is 35.4 Å². The Labute approximate surface area is 148 Å². The van der Waals surface area contributed by atoms with Gasteiger partial charge in [-0.2, -0.15) is 11.8 Å². The number of thioether (sulfide) groups is 2. The molecule has 0 aromatic heterocycles. The van der Waals surface area contributed by atoms with Gasteiger partial charge in [-0.1, -0.05) is 18.2 Å². The van der Waals surface area contributed by atoms with Gasteiger partial charge in [0.1, 0.15) is 17.5 Å². The van der Waals surface area contributed by atoms with E-state index in [1.165, 1.54) is 11.8 Å². The number of rotatable bonds is 6. The summed E-state index contributed by atoms with van der Waals surface area (Å²) in [6.07, 6.45) is 2.25. The summed E-state index contributed by atoms with van der Waals surface area (Å²) >= 11 is 3.07. The number of hydrogen-bond acceptors (Lipinski definition) is 5. The van der Waals surface area contributed by atoms with Gasteiger partial charge in [0.2, 0.25) is 5.91 Å². The van der Waals surface area contributed by atoms with Crippen molar-refractivity contribution < 1.29 is 19.5 Å². The Morgan fingerprint density at radius 1 is 1.46 bits per heavy atom. The first-order valence-electron chi connectivity index (χ1n) is 7.60. The van der Waals surface area contributed by atoms with E-state index < -0.39 is 18.1 Å². The van der Waals surface area contributed by atoms with Gasteiger partial charge in [-0.25, -0.2) is 4.79 Å². The molecule has 0 spiro atoms. The van der Waals surface area contributed by atoms with E-state index in [9.17, 15) is 19.5 Å². The smallest absolute Gasteiger partial charge is 0.326 e. The van der Waals surface area contributed by atoms with Crippen LogP contribution in [-0.4, -0.2) is 57.6 Å². The molecule has 0 bridgehead atoms. The van der Waals surface area contributed by atoms with Gasteiger partial charge < -0.3 is 15.3 Å². The quantitative estimate of drug-likeness (QED) is 0.795. The molecule has 0 aliphatic carbocycles. The average Bonchev–Trinajstić information content (AvgIpc) is 3.12. The van der Waals surface area contributed by atoms with Crippen LogP contribution in [0.1, 0.15) is 27.7 Å². The first-order valence-corrected chi connectivity index (χ1v) is 10.0. The minimum atomic E-state index is -1.05. The monoisotopic (exact) mass is 366 g/mol. The Hall–Kier alpha value is -1.67. The van der Waals surface area contributed by atoms with Gasteiger partial charge in [-0.05, 0) is 30.1 Å². The number of nitrogens with zero attached hydrogens (tertiary/aromatic N) is 1. The zero-order valence-electron chi connectivity index (χ0n) is 13.1. The maximum Gasteiger partial charge on any atom is 0.326 e. The molecule has 6 nitrogen and oxygen atoms in total. The number of fused-ring (bicyclic) bond motifs is 3. The molecule has 3 atom stereocenters. The van der Waals surface area contributed by atoms with Gasteiger partial charge in [0, 0.05) is 11.3 Å². The molecule has 24 heavy (non-hydrogen) atoms. The summed E-state index contributed by atoms with van der Waals surface area (Å²) in [6, 6.07) is 5.81. The fourth-order valence-corrected chi connectivity index (χ4v) is 4.94. The third kappa shape index (κ3) is 3.00. The third-order valence-electron chi connectivity index (χ3n) is 4.22. The number of aliphatic carboxylic acids is 1. The number of carboxylic acid groups (broad SMARTS) is 1. The molecule has 2 N–H and O–H groups in total. The lowest BCUT2D eigenvalue weighted by molar-refractivity contribution is -0.142. The molecule has 128 valence electrons. The van der Waals surface area contributed by atoms with Crippen LogP contribution in [-0.2, 0) is 9.59 Å². The number of hydrogen-bond donors (Lipinski definition) is 2. The standard InChI is InChI=1S/C16H18N2O4S2/c1-23-7-6-11(16(21)22)17-13(19)12-8-24-15-10-5-3-2-4-9(10)14(20)18(12)15/h2-5,11-12,15H,6-8H2,1H3,(H,17,19)(H,21,22)/t11-,12-,15+/m0/s1. The van der Waals surface area contributed by atoms with Crippen LogP contribution in [0.2, 0.25) is 0 Å². The van der Waals surface area contributed by atoms with E-state index in [1.807, 2.05) is 24.5 Å². The molecule has 0 radical (unpaired) electrons.